The van der Waals surface area contributed by atoms with Crippen molar-refractivity contribution in [2.75, 3.05) is 36.4 Å². The summed E-state index contributed by atoms with van der Waals surface area (Å²) >= 11 is 0. The molecule has 2 aromatic rings. The summed E-state index contributed by atoms with van der Waals surface area (Å²) in [7, 11) is 0. The van der Waals surface area contributed by atoms with Gasteiger partial charge >= 0.3 is 0 Å². The van der Waals surface area contributed by atoms with E-state index in [2.05, 4.69) is 15.1 Å². The van der Waals surface area contributed by atoms with Crippen molar-refractivity contribution in [1.82, 2.24) is 4.90 Å². The highest BCUT2D eigenvalue weighted by molar-refractivity contribution is 6.04. The van der Waals surface area contributed by atoms with Crippen LogP contribution < -0.4 is 10.2 Å². The van der Waals surface area contributed by atoms with Crippen LogP contribution in [0, 0.1) is 17.5 Å². The molecular formula is C20H20F3N3O. The molecular weight excluding hydrogens is 355 g/mol. The fourth-order valence-corrected chi connectivity index (χ4v) is 3.44. The summed E-state index contributed by atoms with van der Waals surface area (Å²) in [6, 6.07) is 9.67. The van der Waals surface area contributed by atoms with E-state index >= 15 is 0 Å². The van der Waals surface area contributed by atoms with Crippen molar-refractivity contribution in [3.05, 3.63) is 59.4 Å². The van der Waals surface area contributed by atoms with Gasteiger partial charge in [0.1, 0.15) is 0 Å². The molecule has 4 nitrogen and oxygen atoms in total. The van der Waals surface area contributed by atoms with Gasteiger partial charge in [-0.3, -0.25) is 9.69 Å². The number of nitrogens with zero attached hydrogens (tertiary/aromatic N) is 2. The maximum Gasteiger partial charge on any atom is 0.258 e. The predicted molar refractivity (Wildman–Crippen MR) is 97.5 cm³/mol. The van der Waals surface area contributed by atoms with Gasteiger partial charge in [0.2, 0.25) is 0 Å². The van der Waals surface area contributed by atoms with Crippen LogP contribution in [0.15, 0.2) is 36.4 Å². The smallest absolute Gasteiger partial charge is 0.258 e. The lowest BCUT2D eigenvalue weighted by Crippen LogP contribution is -2.47. The summed E-state index contributed by atoms with van der Waals surface area (Å²) < 4.78 is 40.0. The van der Waals surface area contributed by atoms with E-state index in [1.807, 2.05) is 12.1 Å². The highest BCUT2D eigenvalue weighted by Crippen LogP contribution is 2.29. The lowest BCUT2D eigenvalue weighted by atomic mass is 10.1. The highest BCUT2D eigenvalue weighted by Gasteiger charge is 2.31. The molecule has 4 rings (SSSR count). The number of amides is 1. The number of hydrogen-bond acceptors (Lipinski definition) is 3. The summed E-state index contributed by atoms with van der Waals surface area (Å²) in [6.45, 7) is 4.03. The first-order valence-corrected chi connectivity index (χ1v) is 9.07. The Morgan fingerprint density at radius 3 is 2.19 bits per heavy atom. The Morgan fingerprint density at radius 2 is 1.56 bits per heavy atom. The van der Waals surface area contributed by atoms with Gasteiger partial charge in [0.05, 0.1) is 5.56 Å². The number of rotatable bonds is 4. The topological polar surface area (TPSA) is 35.6 Å². The quantitative estimate of drug-likeness (QED) is 0.829. The summed E-state index contributed by atoms with van der Waals surface area (Å²) in [4.78, 5) is 17.0. The van der Waals surface area contributed by atoms with E-state index in [1.54, 1.807) is 12.1 Å². The SMILES string of the molecule is O=C(Nc1ccc(N2CCN(C3CC3)CC2)cc1)c1ccc(F)c(F)c1F. The van der Waals surface area contributed by atoms with Gasteiger partial charge < -0.3 is 10.2 Å². The second-order valence-corrected chi connectivity index (χ2v) is 6.98. The van der Waals surface area contributed by atoms with Gasteiger partial charge in [-0.1, -0.05) is 0 Å². The maximum atomic E-state index is 13.7. The minimum Gasteiger partial charge on any atom is -0.369 e. The van der Waals surface area contributed by atoms with Crippen LogP contribution in [-0.4, -0.2) is 43.0 Å². The maximum absolute atomic E-state index is 13.7. The Balaban J connectivity index is 1.39. The largest absolute Gasteiger partial charge is 0.369 e. The zero-order chi connectivity index (χ0) is 19.0. The first-order chi connectivity index (χ1) is 13.0. The molecule has 7 heteroatoms. The van der Waals surface area contributed by atoms with Crippen LogP contribution in [0.1, 0.15) is 23.2 Å². The third kappa shape index (κ3) is 3.78. The van der Waals surface area contributed by atoms with Crippen LogP contribution in [0.5, 0.6) is 0 Å². The standard InChI is InChI=1S/C20H20F3N3O/c21-17-8-7-16(18(22)19(17)23)20(27)24-13-1-3-14(4-2-13)25-9-11-26(12-10-25)15-5-6-15/h1-4,7-8,15H,5-6,9-12H2,(H,24,27). The molecule has 0 spiro atoms. The van der Waals surface area contributed by atoms with Gasteiger partial charge in [0.25, 0.3) is 5.91 Å². The van der Waals surface area contributed by atoms with Crippen molar-refractivity contribution in [3.8, 4) is 0 Å². The van der Waals surface area contributed by atoms with Crippen LogP contribution in [0.3, 0.4) is 0 Å². The van der Waals surface area contributed by atoms with Crippen molar-refractivity contribution >= 4 is 17.3 Å². The molecule has 1 N–H and O–H groups in total. The molecule has 0 bridgehead atoms. The first kappa shape index (κ1) is 17.9. The number of nitrogens with one attached hydrogen (secondary N) is 1. The third-order valence-electron chi connectivity index (χ3n) is 5.15. The molecule has 1 aliphatic heterocycles. The molecule has 27 heavy (non-hydrogen) atoms. The lowest BCUT2D eigenvalue weighted by Gasteiger charge is -2.36. The van der Waals surface area contributed by atoms with E-state index in [4.69, 9.17) is 0 Å². The van der Waals surface area contributed by atoms with Crippen LogP contribution in [0.2, 0.25) is 0 Å². The van der Waals surface area contributed by atoms with Crippen molar-refractivity contribution in [3.63, 3.8) is 0 Å². The molecule has 1 heterocycles. The number of carbonyl (C=O) groups is 1. The zero-order valence-corrected chi connectivity index (χ0v) is 14.7. The molecule has 1 saturated carbocycles. The Labute approximate surface area is 155 Å². The van der Waals surface area contributed by atoms with E-state index in [0.717, 1.165) is 50.0 Å². The van der Waals surface area contributed by atoms with Crippen molar-refractivity contribution < 1.29 is 18.0 Å². The van der Waals surface area contributed by atoms with Crippen LogP contribution >= 0.6 is 0 Å². The molecule has 0 radical (unpaired) electrons. The third-order valence-corrected chi connectivity index (χ3v) is 5.15. The van der Waals surface area contributed by atoms with Crippen molar-refractivity contribution in [1.29, 1.82) is 0 Å². The predicted octanol–water partition coefficient (Wildman–Crippen LogP) is 3.64. The second-order valence-electron chi connectivity index (χ2n) is 6.98. The van der Waals surface area contributed by atoms with E-state index in [0.29, 0.717) is 5.69 Å². The summed E-state index contributed by atoms with van der Waals surface area (Å²) in [6.07, 6.45) is 2.62. The fraction of sp³-hybridized carbons (Fsp3) is 0.350. The van der Waals surface area contributed by atoms with Crippen molar-refractivity contribution in [2.45, 2.75) is 18.9 Å². The summed E-state index contributed by atoms with van der Waals surface area (Å²) in [5.41, 5.74) is 0.987. The number of carbonyl (C=O) groups excluding carboxylic acids is 1. The molecule has 2 aliphatic rings. The molecule has 1 aliphatic carbocycles. The lowest BCUT2D eigenvalue weighted by molar-refractivity contribution is 0.102. The van der Waals surface area contributed by atoms with E-state index in [9.17, 15) is 18.0 Å². The van der Waals surface area contributed by atoms with Gasteiger partial charge in [-0.25, -0.2) is 13.2 Å². The number of piperazine rings is 1. The Bertz CT molecular complexity index is 844. The molecule has 0 aromatic heterocycles. The van der Waals surface area contributed by atoms with E-state index in [1.165, 1.54) is 12.8 Å². The van der Waals surface area contributed by atoms with Gasteiger partial charge in [0, 0.05) is 43.6 Å². The average molecular weight is 375 g/mol. The number of anilines is 2. The van der Waals surface area contributed by atoms with E-state index in [-0.39, 0.29) is 0 Å². The Kier molecular flexibility index (Phi) is 4.78. The number of benzene rings is 2. The van der Waals surface area contributed by atoms with Gasteiger partial charge in [-0.05, 0) is 49.2 Å². The molecule has 0 unspecified atom stereocenters. The number of halogens is 3. The van der Waals surface area contributed by atoms with E-state index < -0.39 is 28.9 Å². The summed E-state index contributed by atoms with van der Waals surface area (Å²) in [5, 5.41) is 2.51. The Hall–Kier alpha value is -2.54. The average Bonchev–Trinajstić information content (AvgIpc) is 3.52. The fourth-order valence-electron chi connectivity index (χ4n) is 3.44. The molecule has 2 fully saturated rings. The molecule has 0 atom stereocenters. The highest BCUT2D eigenvalue weighted by atomic mass is 19.2. The number of hydrogen-bond donors (Lipinski definition) is 1. The van der Waals surface area contributed by atoms with Crippen LogP contribution in [0.25, 0.3) is 0 Å². The monoisotopic (exact) mass is 375 g/mol. The molecule has 1 amide bonds. The van der Waals surface area contributed by atoms with Gasteiger partial charge in [0.15, 0.2) is 17.5 Å². The second kappa shape index (κ2) is 7.23. The van der Waals surface area contributed by atoms with Crippen LogP contribution in [-0.2, 0) is 0 Å². The molecule has 2 aromatic carbocycles. The first-order valence-electron chi connectivity index (χ1n) is 9.07. The van der Waals surface area contributed by atoms with Gasteiger partial charge in [-0.2, -0.15) is 0 Å². The normalized spacial score (nSPS) is 17.8. The van der Waals surface area contributed by atoms with Crippen molar-refractivity contribution in [2.24, 2.45) is 0 Å². The zero-order valence-electron chi connectivity index (χ0n) is 14.7. The molecule has 142 valence electrons. The molecule has 1 saturated heterocycles. The van der Waals surface area contributed by atoms with Gasteiger partial charge in [-0.15, -0.1) is 0 Å². The van der Waals surface area contributed by atoms with Crippen LogP contribution in [0.4, 0.5) is 24.5 Å². The minimum absolute atomic E-state index is 0.462. The minimum atomic E-state index is -1.65. The summed E-state index contributed by atoms with van der Waals surface area (Å²) in [5.74, 6) is -5.28. The Morgan fingerprint density at radius 1 is 0.889 bits per heavy atom.